The molecule has 0 unspecified atom stereocenters. The third-order valence-electron chi connectivity index (χ3n) is 3.04. The summed E-state index contributed by atoms with van der Waals surface area (Å²) in [5.74, 6) is -0.448. The average molecular weight is 272 g/mol. The molecule has 1 aliphatic heterocycles. The van der Waals surface area contributed by atoms with Crippen LogP contribution in [0, 0.1) is 0 Å². The molecule has 2 atom stereocenters. The second-order valence-electron chi connectivity index (χ2n) is 5.84. The third-order valence-corrected chi connectivity index (χ3v) is 3.04. The molecule has 6 nitrogen and oxygen atoms in total. The average Bonchev–Trinajstić information content (AvgIpc) is 2.73. The quantitative estimate of drug-likeness (QED) is 0.782. The molecular weight excluding hydrogens is 248 g/mol. The number of rotatable bonds is 3. The highest BCUT2D eigenvalue weighted by Crippen LogP contribution is 2.23. The van der Waals surface area contributed by atoms with E-state index in [1.165, 1.54) is 7.11 Å². The molecule has 0 bridgehead atoms. The number of hydrogen-bond acceptors (Lipinski definition) is 5. The van der Waals surface area contributed by atoms with Gasteiger partial charge in [-0.2, -0.15) is 0 Å². The fraction of sp³-hybridized carbons (Fsp3) is 0.846. The Morgan fingerprint density at radius 3 is 2.58 bits per heavy atom. The summed E-state index contributed by atoms with van der Waals surface area (Å²) < 4.78 is 9.95. The van der Waals surface area contributed by atoms with E-state index in [0.717, 1.165) is 12.8 Å². The van der Waals surface area contributed by atoms with Gasteiger partial charge in [0.15, 0.2) is 0 Å². The Morgan fingerprint density at radius 2 is 2.05 bits per heavy atom. The highest BCUT2D eigenvalue weighted by molar-refractivity contribution is 5.75. The van der Waals surface area contributed by atoms with Crippen molar-refractivity contribution in [3.05, 3.63) is 0 Å². The first kappa shape index (κ1) is 15.8. The molecule has 0 aromatic carbocycles. The van der Waals surface area contributed by atoms with E-state index in [0.29, 0.717) is 13.0 Å². The van der Waals surface area contributed by atoms with Gasteiger partial charge in [0.25, 0.3) is 0 Å². The van der Waals surface area contributed by atoms with Crippen LogP contribution < -0.4 is 5.73 Å². The molecule has 1 aliphatic rings. The molecular formula is C13H24N2O4. The van der Waals surface area contributed by atoms with Crippen molar-refractivity contribution < 1.29 is 19.1 Å². The first-order valence-corrected chi connectivity index (χ1v) is 6.57. The minimum absolute atomic E-state index is 0.0519. The van der Waals surface area contributed by atoms with Crippen LogP contribution in [0.15, 0.2) is 0 Å². The number of ether oxygens (including phenoxy) is 2. The Bertz CT molecular complexity index is 338. The number of hydrogen-bond donors (Lipinski definition) is 1. The Kier molecular flexibility index (Phi) is 5.17. The molecule has 19 heavy (non-hydrogen) atoms. The van der Waals surface area contributed by atoms with Gasteiger partial charge in [-0.3, -0.25) is 4.79 Å². The summed E-state index contributed by atoms with van der Waals surface area (Å²) in [4.78, 5) is 25.0. The standard InChI is InChI=1S/C13H24N2O4/c1-13(2,3)19-12(17)15-7-5-6-9(15)8-10(14)11(16)18-4/h9-10H,5-8,14H2,1-4H3/t9-,10-/m0/s1. The minimum atomic E-state index is -0.696. The first-order valence-electron chi connectivity index (χ1n) is 6.57. The highest BCUT2D eigenvalue weighted by Gasteiger charge is 2.34. The van der Waals surface area contributed by atoms with Crippen LogP contribution in [0.5, 0.6) is 0 Å². The molecule has 0 spiro atoms. The van der Waals surface area contributed by atoms with Gasteiger partial charge in [-0.25, -0.2) is 4.79 Å². The van der Waals surface area contributed by atoms with Gasteiger partial charge >= 0.3 is 12.1 Å². The Labute approximate surface area is 114 Å². The highest BCUT2D eigenvalue weighted by atomic mass is 16.6. The molecule has 0 aromatic rings. The van der Waals surface area contributed by atoms with Crippen molar-refractivity contribution in [2.24, 2.45) is 5.73 Å². The van der Waals surface area contributed by atoms with Crippen molar-refractivity contribution in [2.45, 2.75) is 57.7 Å². The number of esters is 1. The predicted molar refractivity (Wildman–Crippen MR) is 70.6 cm³/mol. The maximum absolute atomic E-state index is 12.0. The van der Waals surface area contributed by atoms with Crippen LogP contribution in [0.25, 0.3) is 0 Å². The zero-order valence-electron chi connectivity index (χ0n) is 12.1. The van der Waals surface area contributed by atoms with Crippen molar-refractivity contribution in [1.29, 1.82) is 0 Å². The number of likely N-dealkylation sites (tertiary alicyclic amines) is 1. The van der Waals surface area contributed by atoms with Crippen LogP contribution in [0.1, 0.15) is 40.0 Å². The van der Waals surface area contributed by atoms with Crippen molar-refractivity contribution in [3.63, 3.8) is 0 Å². The van der Waals surface area contributed by atoms with Gasteiger partial charge < -0.3 is 20.1 Å². The fourth-order valence-electron chi connectivity index (χ4n) is 2.18. The van der Waals surface area contributed by atoms with E-state index in [2.05, 4.69) is 4.74 Å². The maximum Gasteiger partial charge on any atom is 0.410 e. The topological polar surface area (TPSA) is 81.9 Å². The third kappa shape index (κ3) is 4.70. The molecule has 1 fully saturated rings. The Morgan fingerprint density at radius 1 is 1.42 bits per heavy atom. The molecule has 1 saturated heterocycles. The van der Waals surface area contributed by atoms with Crippen LogP contribution in [0.3, 0.4) is 0 Å². The lowest BCUT2D eigenvalue weighted by Gasteiger charge is -2.29. The number of nitrogens with two attached hydrogens (primary N) is 1. The number of carbonyl (C=O) groups excluding carboxylic acids is 2. The lowest BCUT2D eigenvalue weighted by atomic mass is 10.1. The summed E-state index contributed by atoms with van der Waals surface area (Å²) in [6.45, 7) is 6.13. The van der Waals surface area contributed by atoms with Crippen LogP contribution in [0.4, 0.5) is 4.79 Å². The Balaban J connectivity index is 2.59. The monoisotopic (exact) mass is 272 g/mol. The van der Waals surface area contributed by atoms with E-state index in [4.69, 9.17) is 10.5 Å². The molecule has 1 heterocycles. The molecule has 0 radical (unpaired) electrons. The minimum Gasteiger partial charge on any atom is -0.468 e. The van der Waals surface area contributed by atoms with Crippen LogP contribution in [-0.4, -0.2) is 48.3 Å². The predicted octanol–water partition coefficient (Wildman–Crippen LogP) is 1.28. The van der Waals surface area contributed by atoms with Crippen molar-refractivity contribution in [3.8, 4) is 0 Å². The lowest BCUT2D eigenvalue weighted by molar-refractivity contribution is -0.142. The van der Waals surface area contributed by atoms with Gasteiger partial charge in [-0.05, 0) is 40.0 Å². The number of amides is 1. The van der Waals surface area contributed by atoms with Crippen LogP contribution in [0.2, 0.25) is 0 Å². The summed E-state index contributed by atoms with van der Waals surface area (Å²) in [5.41, 5.74) is 5.22. The van der Waals surface area contributed by atoms with Crippen LogP contribution in [-0.2, 0) is 14.3 Å². The molecule has 1 amide bonds. The van der Waals surface area contributed by atoms with E-state index in [9.17, 15) is 9.59 Å². The zero-order valence-corrected chi connectivity index (χ0v) is 12.1. The fourth-order valence-corrected chi connectivity index (χ4v) is 2.18. The second-order valence-corrected chi connectivity index (χ2v) is 5.84. The van der Waals surface area contributed by atoms with Gasteiger partial charge in [0.05, 0.1) is 7.11 Å². The van der Waals surface area contributed by atoms with E-state index in [1.54, 1.807) is 4.90 Å². The van der Waals surface area contributed by atoms with E-state index < -0.39 is 17.6 Å². The van der Waals surface area contributed by atoms with E-state index in [-0.39, 0.29) is 12.1 Å². The summed E-state index contributed by atoms with van der Waals surface area (Å²) in [7, 11) is 1.31. The smallest absolute Gasteiger partial charge is 0.410 e. The van der Waals surface area contributed by atoms with E-state index in [1.807, 2.05) is 20.8 Å². The summed E-state index contributed by atoms with van der Waals surface area (Å²) >= 11 is 0. The maximum atomic E-state index is 12.0. The first-order chi connectivity index (χ1) is 8.74. The summed E-state index contributed by atoms with van der Waals surface area (Å²) in [5, 5.41) is 0. The lowest BCUT2D eigenvalue weighted by Crippen LogP contribution is -2.44. The summed E-state index contributed by atoms with van der Waals surface area (Å²) in [6.07, 6.45) is 1.81. The Hall–Kier alpha value is -1.30. The van der Waals surface area contributed by atoms with Gasteiger partial charge in [-0.1, -0.05) is 0 Å². The molecule has 6 heteroatoms. The molecule has 110 valence electrons. The molecule has 0 aliphatic carbocycles. The number of carbonyl (C=O) groups is 2. The SMILES string of the molecule is COC(=O)[C@@H](N)C[C@@H]1CCCN1C(=O)OC(C)(C)C. The van der Waals surface area contributed by atoms with Crippen LogP contribution >= 0.6 is 0 Å². The zero-order chi connectivity index (χ0) is 14.6. The second kappa shape index (κ2) is 6.23. The summed E-state index contributed by atoms with van der Waals surface area (Å²) in [6, 6.07) is -0.748. The normalized spacial score (nSPS) is 21.1. The molecule has 2 N–H and O–H groups in total. The largest absolute Gasteiger partial charge is 0.468 e. The van der Waals surface area contributed by atoms with Gasteiger partial charge in [0, 0.05) is 12.6 Å². The van der Waals surface area contributed by atoms with Crippen molar-refractivity contribution >= 4 is 12.1 Å². The van der Waals surface area contributed by atoms with Crippen molar-refractivity contribution in [2.75, 3.05) is 13.7 Å². The molecule has 0 saturated carbocycles. The van der Waals surface area contributed by atoms with Gasteiger partial charge in [-0.15, -0.1) is 0 Å². The van der Waals surface area contributed by atoms with E-state index >= 15 is 0 Å². The molecule has 1 rings (SSSR count). The number of methoxy groups -OCH3 is 1. The van der Waals surface area contributed by atoms with Crippen molar-refractivity contribution in [1.82, 2.24) is 4.90 Å². The van der Waals surface area contributed by atoms with Gasteiger partial charge in [0.1, 0.15) is 11.6 Å². The van der Waals surface area contributed by atoms with Gasteiger partial charge in [0.2, 0.25) is 0 Å². The molecule has 0 aromatic heterocycles. The number of nitrogens with zero attached hydrogens (tertiary/aromatic N) is 1.